The molecule has 0 fully saturated rings. The lowest BCUT2D eigenvalue weighted by molar-refractivity contribution is -0.153. The first kappa shape index (κ1) is 18.1. The average Bonchev–Trinajstić information content (AvgIpc) is 2.51. The molecule has 0 bridgehead atoms. The van der Waals surface area contributed by atoms with Crippen molar-refractivity contribution in [1.82, 2.24) is 0 Å². The first-order chi connectivity index (χ1) is 11.3. The summed E-state index contributed by atoms with van der Waals surface area (Å²) in [7, 11) is 0. The second kappa shape index (κ2) is 8.05. The molecule has 0 unspecified atom stereocenters. The summed E-state index contributed by atoms with van der Waals surface area (Å²) < 4.78 is 42.3. The molecule has 0 aromatic heterocycles. The lowest BCUT2D eigenvalue weighted by Crippen LogP contribution is -2.23. The van der Waals surface area contributed by atoms with Crippen LogP contribution in [0.2, 0.25) is 0 Å². The number of amides is 1. The Balaban J connectivity index is 1.92. The van der Waals surface area contributed by atoms with Crippen molar-refractivity contribution < 1.29 is 22.7 Å². The lowest BCUT2D eigenvalue weighted by Gasteiger charge is -2.14. The molecule has 128 valence electrons. The molecule has 0 saturated heterocycles. The molecule has 24 heavy (non-hydrogen) atoms. The molecule has 2 aromatic carbocycles. The SMILES string of the molecule is O=C(CNc1ccccc1OCC(F)(F)F)Nc1cccc(Br)c1. The number of nitrogens with one attached hydrogen (secondary N) is 2. The molecule has 2 N–H and O–H groups in total. The fourth-order valence-electron chi connectivity index (χ4n) is 1.85. The van der Waals surface area contributed by atoms with E-state index in [0.717, 1.165) is 4.47 Å². The molecule has 0 aliphatic carbocycles. The van der Waals surface area contributed by atoms with Gasteiger partial charge in [0, 0.05) is 10.2 Å². The number of benzene rings is 2. The minimum atomic E-state index is -4.43. The molecule has 4 nitrogen and oxygen atoms in total. The van der Waals surface area contributed by atoms with Crippen LogP contribution in [0.3, 0.4) is 0 Å². The van der Waals surface area contributed by atoms with Gasteiger partial charge in [-0.3, -0.25) is 4.79 Å². The van der Waals surface area contributed by atoms with E-state index in [1.54, 1.807) is 30.3 Å². The van der Waals surface area contributed by atoms with E-state index in [2.05, 4.69) is 26.6 Å². The maximum absolute atomic E-state index is 12.2. The molecule has 0 spiro atoms. The van der Waals surface area contributed by atoms with Crippen LogP contribution in [0.5, 0.6) is 5.75 Å². The number of carbonyl (C=O) groups is 1. The van der Waals surface area contributed by atoms with Crippen molar-refractivity contribution in [1.29, 1.82) is 0 Å². The number of hydrogen-bond donors (Lipinski definition) is 2. The summed E-state index contributed by atoms with van der Waals surface area (Å²) in [6.45, 7) is -1.51. The molecule has 0 heterocycles. The quantitative estimate of drug-likeness (QED) is 0.750. The molecule has 0 saturated carbocycles. The van der Waals surface area contributed by atoms with Gasteiger partial charge in [-0.15, -0.1) is 0 Å². The highest BCUT2D eigenvalue weighted by Crippen LogP contribution is 2.26. The van der Waals surface area contributed by atoms with E-state index in [9.17, 15) is 18.0 Å². The fraction of sp³-hybridized carbons (Fsp3) is 0.188. The maximum atomic E-state index is 12.2. The second-order valence-corrected chi connectivity index (χ2v) is 5.73. The third-order valence-electron chi connectivity index (χ3n) is 2.83. The Hall–Kier alpha value is -2.22. The number of anilines is 2. The average molecular weight is 403 g/mol. The topological polar surface area (TPSA) is 50.4 Å². The summed E-state index contributed by atoms with van der Waals surface area (Å²) in [4.78, 5) is 11.9. The van der Waals surface area contributed by atoms with Crippen LogP contribution in [0.25, 0.3) is 0 Å². The summed E-state index contributed by atoms with van der Waals surface area (Å²) in [6.07, 6.45) is -4.43. The number of ether oxygens (including phenoxy) is 1. The monoisotopic (exact) mass is 402 g/mol. The van der Waals surface area contributed by atoms with E-state index >= 15 is 0 Å². The first-order valence-electron chi connectivity index (χ1n) is 6.91. The van der Waals surface area contributed by atoms with Gasteiger partial charge in [0.05, 0.1) is 12.2 Å². The highest BCUT2D eigenvalue weighted by Gasteiger charge is 2.28. The number of halogens is 4. The predicted molar refractivity (Wildman–Crippen MR) is 89.3 cm³/mol. The minimum absolute atomic E-state index is 0.0325. The fourth-order valence-corrected chi connectivity index (χ4v) is 2.24. The summed E-state index contributed by atoms with van der Waals surface area (Å²) in [5, 5.41) is 5.44. The second-order valence-electron chi connectivity index (χ2n) is 4.81. The zero-order valence-electron chi connectivity index (χ0n) is 12.4. The van der Waals surface area contributed by atoms with Crippen molar-refractivity contribution in [2.45, 2.75) is 6.18 Å². The Morgan fingerprint density at radius 1 is 1.12 bits per heavy atom. The Labute approximate surface area is 145 Å². The van der Waals surface area contributed by atoms with Crippen LogP contribution in [0.15, 0.2) is 53.0 Å². The third-order valence-corrected chi connectivity index (χ3v) is 3.32. The van der Waals surface area contributed by atoms with Gasteiger partial charge < -0.3 is 15.4 Å². The molecule has 0 aliphatic heterocycles. The molecule has 8 heteroatoms. The van der Waals surface area contributed by atoms with Gasteiger partial charge in [-0.2, -0.15) is 13.2 Å². The van der Waals surface area contributed by atoms with Crippen LogP contribution in [-0.2, 0) is 4.79 Å². The zero-order chi connectivity index (χ0) is 17.6. The first-order valence-corrected chi connectivity index (χ1v) is 7.71. The number of rotatable bonds is 6. The Morgan fingerprint density at radius 3 is 2.58 bits per heavy atom. The molecular formula is C16H14BrF3N2O2. The van der Waals surface area contributed by atoms with Crippen molar-refractivity contribution in [3.8, 4) is 5.75 Å². The Morgan fingerprint density at radius 2 is 1.88 bits per heavy atom. The van der Waals surface area contributed by atoms with E-state index in [1.165, 1.54) is 12.1 Å². The molecule has 0 atom stereocenters. The van der Waals surface area contributed by atoms with Gasteiger partial charge in [0.1, 0.15) is 5.75 Å². The Bertz CT molecular complexity index is 708. The summed E-state index contributed by atoms with van der Waals surface area (Å²) >= 11 is 3.30. The maximum Gasteiger partial charge on any atom is 0.422 e. The summed E-state index contributed by atoms with van der Waals surface area (Å²) in [5.41, 5.74) is 0.920. The van der Waals surface area contributed by atoms with E-state index in [0.29, 0.717) is 11.4 Å². The van der Waals surface area contributed by atoms with Gasteiger partial charge in [-0.25, -0.2) is 0 Å². The van der Waals surface area contributed by atoms with Crippen molar-refractivity contribution >= 4 is 33.2 Å². The minimum Gasteiger partial charge on any atom is -0.482 e. The van der Waals surface area contributed by atoms with Gasteiger partial charge >= 0.3 is 6.18 Å². The number of alkyl halides is 3. The van der Waals surface area contributed by atoms with Gasteiger partial charge in [-0.1, -0.05) is 34.1 Å². The van der Waals surface area contributed by atoms with Crippen LogP contribution in [-0.4, -0.2) is 25.2 Å². The Kier molecular flexibility index (Phi) is 6.08. The summed E-state index contributed by atoms with van der Waals surface area (Å²) in [5.74, 6) is -0.302. The van der Waals surface area contributed by atoms with Crippen molar-refractivity contribution in [3.63, 3.8) is 0 Å². The van der Waals surface area contributed by atoms with Gasteiger partial charge in [-0.05, 0) is 30.3 Å². The normalized spacial score (nSPS) is 11.0. The molecule has 1 amide bonds. The van der Waals surface area contributed by atoms with Crippen LogP contribution in [0, 0.1) is 0 Å². The molecule has 2 aromatic rings. The van der Waals surface area contributed by atoms with Crippen LogP contribution in [0.4, 0.5) is 24.5 Å². The highest BCUT2D eigenvalue weighted by atomic mass is 79.9. The third kappa shape index (κ3) is 6.11. The van der Waals surface area contributed by atoms with Crippen LogP contribution in [0.1, 0.15) is 0 Å². The molecule has 2 rings (SSSR count). The summed E-state index contributed by atoms with van der Waals surface area (Å²) in [6, 6.07) is 13.2. The van der Waals surface area contributed by atoms with E-state index in [1.807, 2.05) is 6.07 Å². The smallest absolute Gasteiger partial charge is 0.422 e. The van der Waals surface area contributed by atoms with E-state index < -0.39 is 12.8 Å². The number of para-hydroxylation sites is 2. The lowest BCUT2D eigenvalue weighted by atomic mass is 10.3. The van der Waals surface area contributed by atoms with Crippen LogP contribution >= 0.6 is 15.9 Å². The number of hydrogen-bond acceptors (Lipinski definition) is 3. The van der Waals surface area contributed by atoms with Gasteiger partial charge in [0.2, 0.25) is 5.91 Å². The number of carbonyl (C=O) groups excluding carboxylic acids is 1. The van der Waals surface area contributed by atoms with Crippen LogP contribution < -0.4 is 15.4 Å². The molecule has 0 aliphatic rings. The van der Waals surface area contributed by atoms with Crippen molar-refractivity contribution in [2.75, 3.05) is 23.8 Å². The van der Waals surface area contributed by atoms with E-state index in [4.69, 9.17) is 4.74 Å². The highest BCUT2D eigenvalue weighted by molar-refractivity contribution is 9.10. The van der Waals surface area contributed by atoms with Crippen molar-refractivity contribution in [3.05, 3.63) is 53.0 Å². The zero-order valence-corrected chi connectivity index (χ0v) is 13.9. The molecular weight excluding hydrogens is 389 g/mol. The largest absolute Gasteiger partial charge is 0.482 e. The van der Waals surface area contributed by atoms with E-state index in [-0.39, 0.29) is 18.2 Å². The predicted octanol–water partition coefficient (Wildman–Crippen LogP) is 4.44. The van der Waals surface area contributed by atoms with Gasteiger partial charge in [0.15, 0.2) is 6.61 Å². The van der Waals surface area contributed by atoms with Gasteiger partial charge in [0.25, 0.3) is 0 Å². The standard InChI is InChI=1S/C16H14BrF3N2O2/c17-11-4-3-5-12(8-11)22-15(23)9-21-13-6-1-2-7-14(13)24-10-16(18,19)20/h1-8,21H,9-10H2,(H,22,23). The molecule has 0 radical (unpaired) electrons. The van der Waals surface area contributed by atoms with Crippen molar-refractivity contribution in [2.24, 2.45) is 0 Å².